The maximum absolute atomic E-state index is 4.28. The van der Waals surface area contributed by atoms with E-state index in [0.717, 1.165) is 6.54 Å². The zero-order valence-electron chi connectivity index (χ0n) is 10.6. The van der Waals surface area contributed by atoms with Gasteiger partial charge in [-0.2, -0.15) is 0 Å². The summed E-state index contributed by atoms with van der Waals surface area (Å²) in [7, 11) is 0. The minimum Gasteiger partial charge on any atom is -0.287 e. The Bertz CT molecular complexity index is 209. The van der Waals surface area contributed by atoms with Gasteiger partial charge in [0.05, 0.1) is 0 Å². The highest BCUT2D eigenvalue weighted by Crippen LogP contribution is 2.08. The summed E-state index contributed by atoms with van der Waals surface area (Å²) < 4.78 is 0. The van der Waals surface area contributed by atoms with Crippen molar-refractivity contribution in [3.05, 3.63) is 12.2 Å². The van der Waals surface area contributed by atoms with Crippen molar-refractivity contribution in [2.24, 2.45) is 4.99 Å². The van der Waals surface area contributed by atoms with Crippen LogP contribution in [-0.2, 0) is 0 Å². The van der Waals surface area contributed by atoms with E-state index < -0.39 is 0 Å². The molecule has 0 bridgehead atoms. The molecule has 0 aliphatic carbocycles. The van der Waals surface area contributed by atoms with E-state index in [1.54, 1.807) is 0 Å². The molecule has 2 nitrogen and oxygen atoms in total. The van der Waals surface area contributed by atoms with Crippen molar-refractivity contribution >= 4 is 6.21 Å². The van der Waals surface area contributed by atoms with Gasteiger partial charge in [-0.05, 0) is 18.9 Å². The van der Waals surface area contributed by atoms with Crippen molar-refractivity contribution < 1.29 is 0 Å². The average molecular weight is 222 g/mol. The molecule has 1 N–H and O–H groups in total. The van der Waals surface area contributed by atoms with Crippen LogP contribution >= 0.6 is 0 Å². The standard InChI is InChI=1S/C14H26N2/c1-2-3-4-5-6-7-8-9-10-11-14-15-12-13-16-14/h10-12,14,16H,2-9,13H2,1H3/b11-10+. The molecule has 0 radical (unpaired) electrons. The molecule has 0 fully saturated rings. The zero-order chi connectivity index (χ0) is 11.5. The molecule has 1 unspecified atom stereocenters. The van der Waals surface area contributed by atoms with E-state index in [1.165, 1.54) is 51.4 Å². The third-order valence-electron chi connectivity index (χ3n) is 2.98. The van der Waals surface area contributed by atoms with Crippen LogP contribution < -0.4 is 5.32 Å². The number of aliphatic imine (C=N–C) groups is 1. The molecule has 0 aromatic carbocycles. The monoisotopic (exact) mass is 222 g/mol. The molecule has 0 aromatic heterocycles. The van der Waals surface area contributed by atoms with Gasteiger partial charge in [-0.1, -0.05) is 51.5 Å². The zero-order valence-corrected chi connectivity index (χ0v) is 10.6. The predicted molar refractivity (Wildman–Crippen MR) is 72.0 cm³/mol. The molecule has 0 spiro atoms. The maximum atomic E-state index is 4.28. The van der Waals surface area contributed by atoms with Crippen LogP contribution in [0.3, 0.4) is 0 Å². The van der Waals surface area contributed by atoms with E-state index in [-0.39, 0.29) is 6.17 Å². The first kappa shape index (κ1) is 13.4. The van der Waals surface area contributed by atoms with Crippen molar-refractivity contribution in [1.82, 2.24) is 5.32 Å². The average Bonchev–Trinajstić information content (AvgIpc) is 2.80. The Morgan fingerprint density at radius 3 is 2.62 bits per heavy atom. The molecule has 1 aliphatic rings. The van der Waals surface area contributed by atoms with Crippen LogP contribution in [0.25, 0.3) is 0 Å². The molecule has 0 saturated heterocycles. The fourth-order valence-electron chi connectivity index (χ4n) is 1.95. The van der Waals surface area contributed by atoms with Crippen LogP contribution in [0.1, 0.15) is 58.3 Å². The molecule has 0 saturated carbocycles. The molecule has 0 aromatic rings. The highest BCUT2D eigenvalue weighted by Gasteiger charge is 2.02. The molecule has 1 rings (SSSR count). The maximum Gasteiger partial charge on any atom is 0.118 e. The Morgan fingerprint density at radius 2 is 1.94 bits per heavy atom. The van der Waals surface area contributed by atoms with Crippen LogP contribution in [0.5, 0.6) is 0 Å². The summed E-state index contributed by atoms with van der Waals surface area (Å²) >= 11 is 0. The topological polar surface area (TPSA) is 24.4 Å². The number of hydrogen-bond donors (Lipinski definition) is 1. The fraction of sp³-hybridized carbons (Fsp3) is 0.786. The van der Waals surface area contributed by atoms with Gasteiger partial charge in [0.25, 0.3) is 0 Å². The Hall–Kier alpha value is -0.630. The first-order chi connectivity index (χ1) is 7.93. The summed E-state index contributed by atoms with van der Waals surface area (Å²) in [6.45, 7) is 3.19. The molecule has 16 heavy (non-hydrogen) atoms. The van der Waals surface area contributed by atoms with Crippen LogP contribution in [0, 0.1) is 0 Å². The van der Waals surface area contributed by atoms with E-state index >= 15 is 0 Å². The van der Waals surface area contributed by atoms with E-state index in [9.17, 15) is 0 Å². The molecule has 2 heteroatoms. The summed E-state index contributed by atoms with van der Waals surface area (Å²) in [6, 6.07) is 0. The molecule has 1 aliphatic heterocycles. The Kier molecular flexibility index (Phi) is 8.05. The van der Waals surface area contributed by atoms with Gasteiger partial charge >= 0.3 is 0 Å². The second-order valence-electron chi connectivity index (χ2n) is 4.52. The second kappa shape index (κ2) is 9.59. The largest absolute Gasteiger partial charge is 0.287 e. The lowest BCUT2D eigenvalue weighted by molar-refractivity contribution is 0.591. The molecular weight excluding hydrogens is 196 g/mol. The van der Waals surface area contributed by atoms with Gasteiger partial charge in [0.2, 0.25) is 0 Å². The summed E-state index contributed by atoms with van der Waals surface area (Å²) in [5, 5.41) is 3.27. The van der Waals surface area contributed by atoms with Crippen molar-refractivity contribution in [2.75, 3.05) is 6.54 Å². The van der Waals surface area contributed by atoms with Gasteiger partial charge in [0.1, 0.15) is 6.17 Å². The van der Waals surface area contributed by atoms with Gasteiger partial charge in [-0.25, -0.2) is 0 Å². The summed E-state index contributed by atoms with van der Waals surface area (Å²) in [5.74, 6) is 0. The lowest BCUT2D eigenvalue weighted by atomic mass is 10.1. The Balaban J connectivity index is 1.82. The summed E-state index contributed by atoms with van der Waals surface area (Å²) in [6.07, 6.45) is 17.6. The predicted octanol–water partition coefficient (Wildman–Crippen LogP) is 3.68. The quantitative estimate of drug-likeness (QED) is 0.467. The number of nitrogens with zero attached hydrogens (tertiary/aromatic N) is 1. The normalized spacial score (nSPS) is 19.9. The van der Waals surface area contributed by atoms with Crippen LogP contribution in [-0.4, -0.2) is 18.9 Å². The summed E-state index contributed by atoms with van der Waals surface area (Å²) in [5.41, 5.74) is 0. The Labute approximate surface area is 100 Å². The summed E-state index contributed by atoms with van der Waals surface area (Å²) in [4.78, 5) is 4.28. The first-order valence-electron chi connectivity index (χ1n) is 6.85. The van der Waals surface area contributed by atoms with E-state index in [4.69, 9.17) is 0 Å². The minimum atomic E-state index is 0.254. The van der Waals surface area contributed by atoms with Gasteiger partial charge in [0, 0.05) is 12.8 Å². The minimum absolute atomic E-state index is 0.254. The fourth-order valence-corrected chi connectivity index (χ4v) is 1.95. The van der Waals surface area contributed by atoms with Gasteiger partial charge in [-0.15, -0.1) is 0 Å². The number of rotatable bonds is 9. The number of hydrogen-bond acceptors (Lipinski definition) is 2. The molecule has 1 heterocycles. The third-order valence-corrected chi connectivity index (χ3v) is 2.98. The van der Waals surface area contributed by atoms with E-state index in [1.807, 2.05) is 6.21 Å². The third kappa shape index (κ3) is 6.78. The smallest absolute Gasteiger partial charge is 0.118 e. The number of allylic oxidation sites excluding steroid dienone is 1. The van der Waals surface area contributed by atoms with Crippen molar-refractivity contribution in [3.8, 4) is 0 Å². The van der Waals surface area contributed by atoms with Crippen LogP contribution in [0.15, 0.2) is 17.1 Å². The van der Waals surface area contributed by atoms with Crippen molar-refractivity contribution in [1.29, 1.82) is 0 Å². The van der Waals surface area contributed by atoms with Crippen molar-refractivity contribution in [2.45, 2.75) is 64.5 Å². The SMILES string of the molecule is CCCCCCCCC/C=C/C1N=CCN1. The van der Waals surface area contributed by atoms with E-state index in [0.29, 0.717) is 0 Å². The van der Waals surface area contributed by atoms with Gasteiger partial charge < -0.3 is 0 Å². The number of nitrogens with one attached hydrogen (secondary N) is 1. The molecule has 92 valence electrons. The lowest BCUT2D eigenvalue weighted by Crippen LogP contribution is -2.19. The second-order valence-corrected chi connectivity index (χ2v) is 4.52. The molecule has 1 atom stereocenters. The molecular formula is C14H26N2. The van der Waals surface area contributed by atoms with Crippen molar-refractivity contribution in [3.63, 3.8) is 0 Å². The lowest BCUT2D eigenvalue weighted by Gasteiger charge is -2.01. The highest BCUT2D eigenvalue weighted by molar-refractivity contribution is 5.62. The Morgan fingerprint density at radius 1 is 1.19 bits per heavy atom. The van der Waals surface area contributed by atoms with Gasteiger partial charge in [0.15, 0.2) is 0 Å². The number of unbranched alkanes of at least 4 members (excludes halogenated alkanes) is 7. The van der Waals surface area contributed by atoms with Crippen LogP contribution in [0.2, 0.25) is 0 Å². The highest BCUT2D eigenvalue weighted by atomic mass is 15.1. The van der Waals surface area contributed by atoms with Gasteiger partial charge in [-0.3, -0.25) is 10.3 Å². The molecule has 0 amide bonds. The first-order valence-corrected chi connectivity index (χ1v) is 6.85. The van der Waals surface area contributed by atoms with Crippen LogP contribution in [0.4, 0.5) is 0 Å². The van der Waals surface area contributed by atoms with E-state index in [2.05, 4.69) is 29.4 Å².